The van der Waals surface area contributed by atoms with Crippen molar-refractivity contribution < 1.29 is 0 Å². The van der Waals surface area contributed by atoms with Gasteiger partial charge in [0.05, 0.1) is 0 Å². The molecule has 1 aromatic carbocycles. The van der Waals surface area contributed by atoms with Gasteiger partial charge in [0, 0.05) is 0 Å². The van der Waals surface area contributed by atoms with E-state index in [0.717, 1.165) is 15.2 Å². The number of hydrogen-bond donors (Lipinski definition) is 0. The molecule has 1 rings (SSSR count). The van der Waals surface area contributed by atoms with Crippen molar-refractivity contribution in [3.63, 3.8) is 0 Å². The van der Waals surface area contributed by atoms with E-state index >= 15 is 0 Å². The molecular weight excluding hydrogens is 161 g/mol. The zero-order valence-electron chi connectivity index (χ0n) is 7.88. The van der Waals surface area contributed by atoms with E-state index < -0.39 is 0 Å². The maximum absolute atomic E-state index is 7.00. The van der Waals surface area contributed by atoms with Crippen molar-refractivity contribution in [2.75, 3.05) is 0 Å². The second-order valence-corrected chi connectivity index (χ2v) is 4.68. The summed E-state index contributed by atoms with van der Waals surface area (Å²) in [5, 5.41) is 2.85. The summed E-state index contributed by atoms with van der Waals surface area (Å²) in [5.74, 6) is 0. The Morgan fingerprint density at radius 3 is 1.75 bits per heavy atom. The Hall–Kier alpha value is -0.448. The maximum atomic E-state index is 7.00. The molecule has 0 aliphatic heterocycles. The summed E-state index contributed by atoms with van der Waals surface area (Å²) in [5.41, 5.74) is 7.57. The summed E-state index contributed by atoms with van der Waals surface area (Å²) in [6.07, 6.45) is 0. The molecule has 12 heavy (non-hydrogen) atoms. The molecule has 1 aromatic rings. The van der Waals surface area contributed by atoms with Crippen LogP contribution in [0.15, 0.2) is 30.3 Å². The van der Waals surface area contributed by atoms with Crippen LogP contribution in [0.2, 0.25) is 10.6 Å². The quantitative estimate of drug-likeness (QED) is 0.611. The largest absolute Gasteiger partial charge is 0.699 e. The first-order valence-electron chi connectivity index (χ1n) is 4.39. The summed E-state index contributed by atoms with van der Waals surface area (Å²) in [7, 11) is 0. The molecule has 1 nitrogen and oxygen atoms in total. The van der Waals surface area contributed by atoms with Crippen LogP contribution in [0.3, 0.4) is 0 Å². The van der Waals surface area contributed by atoms with Crippen LogP contribution < -0.4 is 0 Å². The van der Waals surface area contributed by atoms with E-state index in [-0.39, 0.29) is 0 Å². The Bertz CT molecular complexity index is 172. The Morgan fingerprint density at radius 1 is 1.08 bits per heavy atom. The van der Waals surface area contributed by atoms with E-state index in [1.807, 2.05) is 18.2 Å². The Kier molecular flexibility index (Phi) is 8.32. The molecule has 0 unspecified atom stereocenters. The molecule has 0 fully saturated rings. The average molecular weight is 177 g/mol. The van der Waals surface area contributed by atoms with Crippen molar-refractivity contribution in [3.8, 4) is 0 Å². The Labute approximate surface area is 81.7 Å². The Morgan fingerprint density at radius 2 is 1.58 bits per heavy atom. The zero-order chi connectivity index (χ0) is 9.23. The molecule has 0 aliphatic rings. The van der Waals surface area contributed by atoms with Crippen molar-refractivity contribution in [1.82, 2.24) is 0 Å². The van der Waals surface area contributed by atoms with Gasteiger partial charge in [-0.1, -0.05) is 30.3 Å². The summed E-state index contributed by atoms with van der Waals surface area (Å²) in [6, 6.07) is 9.10. The molecule has 0 aromatic heterocycles. The second kappa shape index (κ2) is 8.65. The van der Waals surface area contributed by atoms with Crippen molar-refractivity contribution in [2.45, 2.75) is 24.4 Å². The fourth-order valence-electron chi connectivity index (χ4n) is 0.727. The van der Waals surface area contributed by atoms with E-state index in [0.29, 0.717) is 5.69 Å². The van der Waals surface area contributed by atoms with Gasteiger partial charge in [0.2, 0.25) is 0 Å². The molecular formula is C10H16AlN. The summed E-state index contributed by atoms with van der Waals surface area (Å²) in [4.78, 5) is 0. The molecule has 1 N–H and O–H groups in total. The summed E-state index contributed by atoms with van der Waals surface area (Å²) >= 11 is 0.815. The van der Waals surface area contributed by atoms with Crippen LogP contribution in [0.25, 0.3) is 5.73 Å². The van der Waals surface area contributed by atoms with Gasteiger partial charge in [-0.3, -0.25) is 0 Å². The van der Waals surface area contributed by atoms with Crippen LogP contribution in [-0.4, -0.2) is 15.2 Å². The van der Waals surface area contributed by atoms with Crippen LogP contribution in [0, 0.1) is 0 Å². The smallest absolute Gasteiger partial charge is 0.0624 e. The summed E-state index contributed by atoms with van der Waals surface area (Å²) in [6.45, 7) is 4.50. The molecule has 0 bridgehead atoms. The van der Waals surface area contributed by atoms with E-state index in [1.165, 1.54) is 10.6 Å². The number of benzene rings is 1. The third kappa shape index (κ3) is 7.66. The topological polar surface area (TPSA) is 23.8 Å². The van der Waals surface area contributed by atoms with E-state index in [9.17, 15) is 0 Å². The zero-order valence-corrected chi connectivity index (χ0v) is 9.03. The molecule has 0 radical (unpaired) electrons. The van der Waals surface area contributed by atoms with Crippen LogP contribution in [0.5, 0.6) is 0 Å². The van der Waals surface area contributed by atoms with Gasteiger partial charge in [0.1, 0.15) is 0 Å². The van der Waals surface area contributed by atoms with Gasteiger partial charge in [0.15, 0.2) is 0 Å². The summed E-state index contributed by atoms with van der Waals surface area (Å²) < 4.78 is 0. The first-order chi connectivity index (χ1) is 5.81. The monoisotopic (exact) mass is 177 g/mol. The van der Waals surface area contributed by atoms with Crippen LogP contribution in [-0.2, 0) is 0 Å². The van der Waals surface area contributed by atoms with Crippen LogP contribution >= 0.6 is 0 Å². The number of rotatable bonds is 2. The third-order valence-corrected chi connectivity index (χ3v) is 2.51. The first-order valence-corrected chi connectivity index (χ1v) is 6.02. The normalized spacial score (nSPS) is 7.83. The van der Waals surface area contributed by atoms with E-state index in [2.05, 4.69) is 13.8 Å². The van der Waals surface area contributed by atoms with Crippen molar-refractivity contribution >= 4 is 20.9 Å². The minimum Gasteiger partial charge on any atom is -0.699 e. The van der Waals surface area contributed by atoms with E-state index in [4.69, 9.17) is 5.73 Å². The molecule has 0 atom stereocenters. The van der Waals surface area contributed by atoms with Crippen LogP contribution in [0.4, 0.5) is 5.69 Å². The first kappa shape index (κ1) is 11.6. The van der Waals surface area contributed by atoms with Gasteiger partial charge in [-0.05, 0) is 0 Å². The van der Waals surface area contributed by atoms with Crippen molar-refractivity contribution in [3.05, 3.63) is 36.1 Å². The molecule has 0 heterocycles. The maximum Gasteiger partial charge on any atom is -0.0624 e. The number of nitrogens with one attached hydrogen (secondary N) is 1. The Balaban J connectivity index is 0.000000217. The minimum atomic E-state index is 0.572. The fourth-order valence-corrected chi connectivity index (χ4v) is 1.30. The molecule has 0 saturated carbocycles. The molecule has 0 spiro atoms. The molecule has 0 saturated heterocycles. The van der Waals surface area contributed by atoms with Gasteiger partial charge in [-0.15, -0.1) is 5.69 Å². The average Bonchev–Trinajstić information content (AvgIpc) is 2.08. The standard InChI is InChI=1S/C6H6N.2C2H5.Al/c7-6-4-2-1-3-5-6;2*1-2;/h1-5,7H;2*1H2,2H3;/q-1;;;+1. The van der Waals surface area contributed by atoms with E-state index in [1.54, 1.807) is 12.1 Å². The SMILES string of the molecule is C[CH2][Al+][CH2]C.[NH-]c1ccccc1. The van der Waals surface area contributed by atoms with Gasteiger partial charge < -0.3 is 5.73 Å². The molecule has 0 amide bonds. The van der Waals surface area contributed by atoms with Gasteiger partial charge in [0.25, 0.3) is 0 Å². The molecule has 0 aliphatic carbocycles. The van der Waals surface area contributed by atoms with Gasteiger partial charge in [-0.25, -0.2) is 0 Å². The van der Waals surface area contributed by atoms with Gasteiger partial charge >= 0.3 is 39.6 Å². The number of hydrogen-bond acceptors (Lipinski definition) is 0. The third-order valence-electron chi connectivity index (χ3n) is 1.35. The minimum absolute atomic E-state index is 0.572. The van der Waals surface area contributed by atoms with Crippen molar-refractivity contribution in [1.29, 1.82) is 0 Å². The predicted molar refractivity (Wildman–Crippen MR) is 57.1 cm³/mol. The van der Waals surface area contributed by atoms with Crippen molar-refractivity contribution in [2.24, 2.45) is 0 Å². The predicted octanol–water partition coefficient (Wildman–Crippen LogP) is 3.94. The van der Waals surface area contributed by atoms with Crippen LogP contribution in [0.1, 0.15) is 13.8 Å². The second-order valence-electron chi connectivity index (χ2n) is 2.47. The molecule has 64 valence electrons. The molecule has 2 heteroatoms. The fraction of sp³-hybridized carbons (Fsp3) is 0.400. The van der Waals surface area contributed by atoms with Gasteiger partial charge in [-0.2, -0.15) is 0 Å².